The summed E-state index contributed by atoms with van der Waals surface area (Å²) in [6.45, 7) is 4.13. The van der Waals surface area contributed by atoms with Crippen LogP contribution >= 0.6 is 0 Å². The van der Waals surface area contributed by atoms with E-state index < -0.39 is 60.8 Å². The second kappa shape index (κ2) is 35.6. The number of aliphatic carboxylic acids is 1. The maximum atomic E-state index is 13.0. The molecule has 8 atom stereocenters. The average Bonchev–Trinajstić information content (AvgIpc) is 3.18. The first-order valence-corrected chi connectivity index (χ1v) is 23.3. The number of amides is 1. The minimum absolute atomic E-state index is 0.293. The third kappa shape index (κ3) is 25.9. The predicted octanol–water partition coefficient (Wildman–Crippen LogP) is 8.62. The number of carbonyl (C=O) groups excluding carboxylic acids is 1. The van der Waals surface area contributed by atoms with Crippen LogP contribution in [0.1, 0.15) is 219 Å². The molecule has 0 aliphatic carbocycles. The van der Waals surface area contributed by atoms with Crippen molar-refractivity contribution in [2.75, 3.05) is 6.61 Å². The van der Waals surface area contributed by atoms with Crippen LogP contribution in [0, 0.1) is 0 Å². The number of unbranched alkanes of at least 4 members (excludes halogenated alkanes) is 28. The van der Waals surface area contributed by atoms with Crippen molar-refractivity contribution in [2.24, 2.45) is 0 Å². The Hall–Kier alpha value is -1.34. The van der Waals surface area contributed by atoms with Crippen LogP contribution in [0.5, 0.6) is 0 Å². The third-order valence-electron chi connectivity index (χ3n) is 11.5. The second-order valence-electron chi connectivity index (χ2n) is 16.7. The highest BCUT2D eigenvalue weighted by Gasteiger charge is 2.47. The summed E-state index contributed by atoms with van der Waals surface area (Å²) in [6, 6.07) is -0.979. The minimum Gasteiger partial charge on any atom is -0.479 e. The van der Waals surface area contributed by atoms with E-state index in [1.165, 1.54) is 141 Å². The van der Waals surface area contributed by atoms with Gasteiger partial charge in [-0.15, -0.1) is 0 Å². The second-order valence-corrected chi connectivity index (χ2v) is 16.7. The Balaban J connectivity index is 2.42. The zero-order valence-corrected chi connectivity index (χ0v) is 35.8. The molecule has 1 saturated heterocycles. The lowest BCUT2D eigenvalue weighted by molar-refractivity contribution is -0.295. The molecule has 1 amide bonds. The van der Waals surface area contributed by atoms with Crippen molar-refractivity contribution >= 4 is 11.9 Å². The van der Waals surface area contributed by atoms with E-state index in [2.05, 4.69) is 19.2 Å². The molecular formula is C45H87NO10. The molecule has 0 aromatic carbocycles. The summed E-state index contributed by atoms with van der Waals surface area (Å²) in [7, 11) is 0. The molecule has 1 aliphatic rings. The van der Waals surface area contributed by atoms with Crippen molar-refractivity contribution in [3.8, 4) is 0 Å². The third-order valence-corrected chi connectivity index (χ3v) is 11.5. The molecule has 7 N–H and O–H groups in total. The summed E-state index contributed by atoms with van der Waals surface area (Å²) in [5.41, 5.74) is 0. The molecule has 11 heteroatoms. The van der Waals surface area contributed by atoms with E-state index in [0.29, 0.717) is 19.3 Å². The molecule has 332 valence electrons. The molecule has 11 nitrogen and oxygen atoms in total. The van der Waals surface area contributed by atoms with Crippen LogP contribution in [-0.4, -0.2) is 98.1 Å². The number of hydrogen-bond donors (Lipinski definition) is 7. The van der Waals surface area contributed by atoms with Gasteiger partial charge in [0.25, 0.3) is 0 Å². The Bertz CT molecular complexity index is 925. The molecule has 1 rings (SSSR count). The van der Waals surface area contributed by atoms with Crippen molar-refractivity contribution in [3.05, 3.63) is 0 Å². The molecule has 0 spiro atoms. The molecule has 1 heterocycles. The number of carboxylic acids is 1. The first-order valence-electron chi connectivity index (χ1n) is 23.3. The highest BCUT2D eigenvalue weighted by molar-refractivity contribution is 5.80. The maximum Gasteiger partial charge on any atom is 0.335 e. The van der Waals surface area contributed by atoms with Gasteiger partial charge in [-0.25, -0.2) is 4.79 Å². The van der Waals surface area contributed by atoms with Crippen LogP contribution in [0.3, 0.4) is 0 Å². The summed E-state index contributed by atoms with van der Waals surface area (Å²) in [5, 5.41) is 64.5. The minimum atomic E-state index is -1.86. The van der Waals surface area contributed by atoms with E-state index in [1.807, 2.05) is 0 Å². The fourth-order valence-corrected chi connectivity index (χ4v) is 7.68. The molecule has 1 fully saturated rings. The van der Waals surface area contributed by atoms with Gasteiger partial charge in [-0.1, -0.05) is 206 Å². The number of carboxylic acid groups (broad SMARTS) is 1. The lowest BCUT2D eigenvalue weighted by atomic mass is 9.99. The number of carbonyl (C=O) groups is 2. The normalized spacial score (nSPS) is 21.5. The number of aliphatic hydroxyl groups is 5. The first-order chi connectivity index (χ1) is 27.1. The molecular weight excluding hydrogens is 714 g/mol. The van der Waals surface area contributed by atoms with Gasteiger partial charge in [0.15, 0.2) is 12.4 Å². The van der Waals surface area contributed by atoms with Crippen molar-refractivity contribution in [3.63, 3.8) is 0 Å². The molecule has 1 aliphatic heterocycles. The lowest BCUT2D eigenvalue weighted by Crippen LogP contribution is -2.61. The standard InChI is InChI=1S/C45H87NO10/c1-3-5-7-9-11-13-15-17-19-21-23-25-27-29-31-33-37(47)36(35-55-45-41(51)39(49)40(50)42(56-45)44(53)54)46-43(52)38(48)34-32-30-28-26-24-22-20-18-16-14-12-10-8-6-4-2/h36-42,45,47-51H,3-35H2,1-2H3,(H,46,52)(H,53,54)/t36-,37+,38+,39-,40+,41+,42-,45-/m0/s1. The Kier molecular flexibility index (Phi) is 33.5. The highest BCUT2D eigenvalue weighted by Crippen LogP contribution is 2.23. The van der Waals surface area contributed by atoms with Crippen LogP contribution in [0.2, 0.25) is 0 Å². The van der Waals surface area contributed by atoms with Gasteiger partial charge in [0, 0.05) is 0 Å². The lowest BCUT2D eigenvalue weighted by Gasteiger charge is -2.39. The van der Waals surface area contributed by atoms with Gasteiger partial charge in [0.2, 0.25) is 5.91 Å². The zero-order chi connectivity index (χ0) is 41.2. The van der Waals surface area contributed by atoms with E-state index in [0.717, 1.165) is 44.9 Å². The van der Waals surface area contributed by atoms with Crippen LogP contribution in [0.4, 0.5) is 0 Å². The van der Waals surface area contributed by atoms with Gasteiger partial charge >= 0.3 is 5.97 Å². The number of hydrogen-bond acceptors (Lipinski definition) is 9. The monoisotopic (exact) mass is 802 g/mol. The topological polar surface area (TPSA) is 186 Å². The highest BCUT2D eigenvalue weighted by atomic mass is 16.7. The Labute approximate surface area is 341 Å². The molecule has 0 aromatic heterocycles. The fourth-order valence-electron chi connectivity index (χ4n) is 7.68. The van der Waals surface area contributed by atoms with E-state index in [-0.39, 0.29) is 6.61 Å². The molecule has 0 unspecified atom stereocenters. The summed E-state index contributed by atoms with van der Waals surface area (Å²) < 4.78 is 10.8. The van der Waals surface area contributed by atoms with Gasteiger partial charge in [-0.2, -0.15) is 0 Å². The van der Waals surface area contributed by atoms with Crippen molar-refractivity contribution < 1.29 is 49.7 Å². The van der Waals surface area contributed by atoms with E-state index in [9.17, 15) is 40.2 Å². The summed E-state index contributed by atoms with van der Waals surface area (Å²) in [6.07, 6.45) is 26.1. The molecule has 56 heavy (non-hydrogen) atoms. The van der Waals surface area contributed by atoms with Gasteiger partial charge in [-0.3, -0.25) is 4.79 Å². The van der Waals surface area contributed by atoms with E-state index >= 15 is 0 Å². The number of aliphatic hydroxyl groups excluding tert-OH is 5. The van der Waals surface area contributed by atoms with Crippen molar-refractivity contribution in [1.29, 1.82) is 0 Å². The van der Waals surface area contributed by atoms with Crippen LogP contribution in [0.15, 0.2) is 0 Å². The predicted molar refractivity (Wildman–Crippen MR) is 223 cm³/mol. The van der Waals surface area contributed by atoms with Gasteiger partial charge in [0.05, 0.1) is 18.8 Å². The summed E-state index contributed by atoms with van der Waals surface area (Å²) in [4.78, 5) is 24.6. The van der Waals surface area contributed by atoms with Crippen molar-refractivity contribution in [1.82, 2.24) is 5.32 Å². The first kappa shape index (κ1) is 52.7. The van der Waals surface area contributed by atoms with Gasteiger partial charge < -0.3 is 45.4 Å². The van der Waals surface area contributed by atoms with Crippen molar-refractivity contribution in [2.45, 2.75) is 268 Å². The van der Waals surface area contributed by atoms with Gasteiger partial charge in [-0.05, 0) is 12.8 Å². The maximum absolute atomic E-state index is 13.0. The number of nitrogens with one attached hydrogen (secondary N) is 1. The molecule has 0 aromatic rings. The number of rotatable bonds is 39. The van der Waals surface area contributed by atoms with Crippen LogP contribution in [-0.2, 0) is 19.1 Å². The van der Waals surface area contributed by atoms with Crippen LogP contribution in [0.25, 0.3) is 0 Å². The zero-order valence-electron chi connectivity index (χ0n) is 35.8. The molecule has 0 saturated carbocycles. The summed E-state index contributed by atoms with van der Waals surface area (Å²) in [5.74, 6) is -2.17. The summed E-state index contributed by atoms with van der Waals surface area (Å²) >= 11 is 0. The Morgan fingerprint density at radius 3 is 1.27 bits per heavy atom. The Morgan fingerprint density at radius 1 is 0.536 bits per heavy atom. The molecule has 0 radical (unpaired) electrons. The quantitative estimate of drug-likeness (QED) is 0.0297. The van der Waals surface area contributed by atoms with Gasteiger partial charge in [0.1, 0.15) is 24.4 Å². The Morgan fingerprint density at radius 2 is 0.893 bits per heavy atom. The number of ether oxygens (including phenoxy) is 2. The van der Waals surface area contributed by atoms with E-state index in [1.54, 1.807) is 0 Å². The SMILES string of the molecule is CCCCCCCCCCCCCCCCC[C@@H](O)C(=O)N[C@@H](CO[C@H]1O[C@H](C(=O)O)[C@H](O)[C@H](O)[C@H]1O)[C@H](O)CCCCCCCCCCCCCCCCC. The van der Waals surface area contributed by atoms with E-state index in [4.69, 9.17) is 9.47 Å². The smallest absolute Gasteiger partial charge is 0.335 e. The van der Waals surface area contributed by atoms with Crippen LogP contribution < -0.4 is 5.32 Å². The average molecular weight is 802 g/mol. The largest absolute Gasteiger partial charge is 0.479 e. The molecule has 0 bridgehead atoms. The fraction of sp³-hybridized carbons (Fsp3) is 0.956.